The van der Waals surface area contributed by atoms with Gasteiger partial charge in [-0.2, -0.15) is 0 Å². The summed E-state index contributed by atoms with van der Waals surface area (Å²) in [6.45, 7) is 10.0. The zero-order chi connectivity index (χ0) is 14.5. The lowest BCUT2D eigenvalue weighted by Gasteiger charge is -2.35. The molecule has 2 rings (SSSR count). The zero-order valence-corrected chi connectivity index (χ0v) is 13.1. The average molecular weight is 283 g/mol. The summed E-state index contributed by atoms with van der Waals surface area (Å²) in [4.78, 5) is 16.6. The van der Waals surface area contributed by atoms with Gasteiger partial charge >= 0.3 is 0 Å². The molecule has 0 aromatic carbocycles. The third-order valence-electron chi connectivity index (χ3n) is 4.23. The van der Waals surface area contributed by atoms with Gasteiger partial charge in [0.15, 0.2) is 0 Å². The fourth-order valence-corrected chi connectivity index (χ4v) is 3.27. The number of hydrogen-bond donors (Lipinski definition) is 1. The summed E-state index contributed by atoms with van der Waals surface area (Å²) in [5.41, 5.74) is 0. The summed E-state index contributed by atoms with van der Waals surface area (Å²) in [7, 11) is 2.14. The van der Waals surface area contributed by atoms with Crippen LogP contribution in [-0.4, -0.2) is 74.2 Å². The molecule has 2 heterocycles. The molecule has 0 aromatic rings. The van der Waals surface area contributed by atoms with Gasteiger partial charge in [-0.15, -0.1) is 0 Å². The van der Waals surface area contributed by atoms with Crippen LogP contribution in [0.2, 0.25) is 0 Å². The summed E-state index contributed by atoms with van der Waals surface area (Å²) in [6.07, 6.45) is 2.35. The first-order valence-electron chi connectivity index (χ1n) is 7.86. The van der Waals surface area contributed by atoms with Gasteiger partial charge < -0.3 is 15.0 Å². The number of carbonyl (C=O) groups excluding carboxylic acids is 1. The third kappa shape index (κ3) is 5.04. The van der Waals surface area contributed by atoms with Crippen LogP contribution in [0, 0.1) is 5.92 Å². The molecule has 5 heteroatoms. The first kappa shape index (κ1) is 15.7. The lowest BCUT2D eigenvalue weighted by Crippen LogP contribution is -2.46. The Kier molecular flexibility index (Phi) is 5.81. The van der Waals surface area contributed by atoms with Crippen molar-refractivity contribution in [2.24, 2.45) is 5.92 Å². The van der Waals surface area contributed by atoms with E-state index in [1.807, 2.05) is 0 Å². The fraction of sp³-hybridized carbons (Fsp3) is 0.933. The average Bonchev–Trinajstić information content (AvgIpc) is 2.79. The maximum Gasteiger partial charge on any atom is 0.221 e. The van der Waals surface area contributed by atoms with Crippen LogP contribution in [-0.2, 0) is 9.53 Å². The summed E-state index contributed by atoms with van der Waals surface area (Å²) < 4.78 is 5.70. The molecule has 3 atom stereocenters. The molecule has 1 N–H and O–H groups in total. The smallest absolute Gasteiger partial charge is 0.221 e. The number of carbonyl (C=O) groups is 1. The lowest BCUT2D eigenvalue weighted by molar-refractivity contribution is -0.122. The Morgan fingerprint density at radius 1 is 1.25 bits per heavy atom. The van der Waals surface area contributed by atoms with E-state index in [-0.39, 0.29) is 18.1 Å². The van der Waals surface area contributed by atoms with Crippen molar-refractivity contribution in [2.75, 3.05) is 46.3 Å². The van der Waals surface area contributed by atoms with E-state index in [4.69, 9.17) is 4.74 Å². The van der Waals surface area contributed by atoms with Crippen LogP contribution in [0.3, 0.4) is 0 Å². The van der Waals surface area contributed by atoms with Crippen LogP contribution in [0.5, 0.6) is 0 Å². The van der Waals surface area contributed by atoms with Crippen LogP contribution in [0.1, 0.15) is 26.7 Å². The standard InChI is InChI=1S/C15H29N3O2/c1-12-9-18(10-13(2)20-12)7-5-15(19)16-8-14-4-6-17(3)11-14/h12-14H,4-11H2,1-3H3,(H,16,19)/t12-,13+,14-/m0/s1. The van der Waals surface area contributed by atoms with Crippen LogP contribution in [0.25, 0.3) is 0 Å². The first-order valence-corrected chi connectivity index (χ1v) is 7.86. The highest BCUT2D eigenvalue weighted by atomic mass is 16.5. The molecule has 2 fully saturated rings. The maximum atomic E-state index is 11.9. The Bertz CT molecular complexity index is 314. The van der Waals surface area contributed by atoms with Crippen LogP contribution in [0.15, 0.2) is 0 Å². The maximum absolute atomic E-state index is 11.9. The summed E-state index contributed by atoms with van der Waals surface area (Å²) >= 11 is 0. The van der Waals surface area contributed by atoms with Crippen LogP contribution < -0.4 is 5.32 Å². The predicted octanol–water partition coefficient (Wildman–Crippen LogP) is 0.554. The largest absolute Gasteiger partial charge is 0.373 e. The molecular formula is C15H29N3O2. The van der Waals surface area contributed by atoms with Crippen molar-refractivity contribution in [1.29, 1.82) is 0 Å². The quantitative estimate of drug-likeness (QED) is 0.800. The second-order valence-corrected chi connectivity index (χ2v) is 6.49. The third-order valence-corrected chi connectivity index (χ3v) is 4.23. The van der Waals surface area contributed by atoms with Crippen LogP contribution >= 0.6 is 0 Å². The molecule has 0 aliphatic carbocycles. The molecule has 2 aliphatic rings. The number of likely N-dealkylation sites (tertiary alicyclic amines) is 1. The van der Waals surface area contributed by atoms with Gasteiger partial charge in [-0.25, -0.2) is 0 Å². The van der Waals surface area contributed by atoms with Gasteiger partial charge in [0.05, 0.1) is 12.2 Å². The lowest BCUT2D eigenvalue weighted by atomic mass is 10.1. The molecule has 20 heavy (non-hydrogen) atoms. The molecule has 0 radical (unpaired) electrons. The van der Waals surface area contributed by atoms with Gasteiger partial charge in [0.1, 0.15) is 0 Å². The number of nitrogens with one attached hydrogen (secondary N) is 1. The zero-order valence-electron chi connectivity index (χ0n) is 13.1. The van der Waals surface area contributed by atoms with Crippen molar-refractivity contribution in [3.63, 3.8) is 0 Å². The number of rotatable bonds is 5. The molecule has 0 bridgehead atoms. The van der Waals surface area contributed by atoms with Gasteiger partial charge in [0.2, 0.25) is 5.91 Å². The Morgan fingerprint density at radius 3 is 2.55 bits per heavy atom. The molecular weight excluding hydrogens is 254 g/mol. The summed E-state index contributed by atoms with van der Waals surface area (Å²) in [5.74, 6) is 0.818. The number of morpholine rings is 1. The fourth-order valence-electron chi connectivity index (χ4n) is 3.27. The molecule has 0 unspecified atom stereocenters. The molecule has 2 saturated heterocycles. The van der Waals surface area contributed by atoms with E-state index in [9.17, 15) is 4.79 Å². The number of amides is 1. The minimum atomic E-state index is 0.186. The van der Waals surface area contributed by atoms with Gasteiger partial charge in [-0.3, -0.25) is 9.69 Å². The highest BCUT2D eigenvalue weighted by Crippen LogP contribution is 2.13. The topological polar surface area (TPSA) is 44.8 Å². The van der Waals surface area contributed by atoms with Gasteiger partial charge in [0, 0.05) is 39.1 Å². The van der Waals surface area contributed by atoms with Crippen molar-refractivity contribution in [1.82, 2.24) is 15.1 Å². The highest BCUT2D eigenvalue weighted by molar-refractivity contribution is 5.76. The summed E-state index contributed by atoms with van der Waals surface area (Å²) in [5, 5.41) is 3.08. The van der Waals surface area contributed by atoms with Gasteiger partial charge in [-0.05, 0) is 39.8 Å². The van der Waals surface area contributed by atoms with Crippen molar-refractivity contribution >= 4 is 5.91 Å². The Morgan fingerprint density at radius 2 is 1.95 bits per heavy atom. The second-order valence-electron chi connectivity index (χ2n) is 6.49. The van der Waals surface area contributed by atoms with Gasteiger partial charge in [0.25, 0.3) is 0 Å². The Balaban J connectivity index is 1.60. The first-order chi connectivity index (χ1) is 9.52. The van der Waals surface area contributed by atoms with E-state index in [2.05, 4.69) is 36.0 Å². The number of ether oxygens (including phenoxy) is 1. The molecule has 5 nitrogen and oxygen atoms in total. The van der Waals surface area contributed by atoms with E-state index < -0.39 is 0 Å². The molecule has 0 aromatic heterocycles. The van der Waals surface area contributed by atoms with Crippen molar-refractivity contribution in [3.8, 4) is 0 Å². The van der Waals surface area contributed by atoms with Crippen molar-refractivity contribution in [3.05, 3.63) is 0 Å². The molecule has 1 amide bonds. The Hall–Kier alpha value is -0.650. The van der Waals surface area contributed by atoms with Crippen molar-refractivity contribution in [2.45, 2.75) is 38.9 Å². The van der Waals surface area contributed by atoms with E-state index in [1.54, 1.807) is 0 Å². The van der Waals surface area contributed by atoms with E-state index in [0.717, 1.165) is 39.3 Å². The molecule has 2 aliphatic heterocycles. The Labute approximate surface area is 122 Å². The molecule has 116 valence electrons. The SMILES string of the molecule is C[C@@H]1CN(CCC(=O)NC[C@@H]2CCN(C)C2)C[C@H](C)O1. The number of nitrogens with zero attached hydrogens (tertiary/aromatic N) is 2. The van der Waals surface area contributed by atoms with E-state index >= 15 is 0 Å². The minimum Gasteiger partial charge on any atom is -0.373 e. The predicted molar refractivity (Wildman–Crippen MR) is 79.7 cm³/mol. The monoisotopic (exact) mass is 283 g/mol. The van der Waals surface area contributed by atoms with E-state index in [1.165, 1.54) is 6.42 Å². The normalized spacial score (nSPS) is 32.5. The number of hydrogen-bond acceptors (Lipinski definition) is 4. The van der Waals surface area contributed by atoms with Crippen molar-refractivity contribution < 1.29 is 9.53 Å². The summed E-state index contributed by atoms with van der Waals surface area (Å²) in [6, 6.07) is 0. The minimum absolute atomic E-state index is 0.186. The molecule has 0 spiro atoms. The van der Waals surface area contributed by atoms with Gasteiger partial charge in [-0.1, -0.05) is 0 Å². The second kappa shape index (κ2) is 7.38. The van der Waals surface area contributed by atoms with E-state index in [0.29, 0.717) is 12.3 Å². The molecule has 0 saturated carbocycles. The highest BCUT2D eigenvalue weighted by Gasteiger charge is 2.23. The van der Waals surface area contributed by atoms with Crippen LogP contribution in [0.4, 0.5) is 0 Å².